The fraction of sp³-hybridized carbons (Fsp3) is 0.125. The normalized spacial score (nSPS) is 9.27. The van der Waals surface area contributed by atoms with Gasteiger partial charge in [0, 0.05) is 10.2 Å². The van der Waals surface area contributed by atoms with E-state index in [-0.39, 0.29) is 0 Å². The van der Waals surface area contributed by atoms with Gasteiger partial charge in [0.2, 0.25) is 6.41 Å². The van der Waals surface area contributed by atoms with Crippen LogP contribution in [0, 0.1) is 6.92 Å². The smallest absolute Gasteiger partial charge is 0.211 e. The highest BCUT2D eigenvalue weighted by molar-refractivity contribution is 9.10. The van der Waals surface area contributed by atoms with Gasteiger partial charge in [0.25, 0.3) is 0 Å². The molecular formula is C8H8BrNO. The zero-order valence-electron chi connectivity index (χ0n) is 6.10. The summed E-state index contributed by atoms with van der Waals surface area (Å²) in [6.07, 6.45) is 0.668. The Morgan fingerprint density at radius 3 is 2.73 bits per heavy atom. The van der Waals surface area contributed by atoms with Gasteiger partial charge in [0.05, 0.1) is 0 Å². The molecule has 1 amide bonds. The third-order valence-electron chi connectivity index (χ3n) is 1.27. The van der Waals surface area contributed by atoms with Gasteiger partial charge < -0.3 is 5.32 Å². The first kappa shape index (κ1) is 8.27. The topological polar surface area (TPSA) is 29.1 Å². The Kier molecular flexibility index (Phi) is 2.65. The van der Waals surface area contributed by atoms with Crippen LogP contribution in [0.5, 0.6) is 0 Å². The number of amides is 1. The van der Waals surface area contributed by atoms with E-state index in [1.54, 1.807) is 0 Å². The predicted octanol–water partition coefficient (Wildman–Crippen LogP) is 2.33. The average Bonchev–Trinajstić information content (AvgIpc) is 1.85. The van der Waals surface area contributed by atoms with E-state index >= 15 is 0 Å². The lowest BCUT2D eigenvalue weighted by molar-refractivity contribution is -0.105. The molecule has 0 saturated carbocycles. The molecule has 1 aromatic carbocycles. The summed E-state index contributed by atoms with van der Waals surface area (Å²) >= 11 is 3.33. The van der Waals surface area contributed by atoms with Crippen molar-refractivity contribution in [2.75, 3.05) is 5.32 Å². The number of aryl methyl sites for hydroxylation is 1. The summed E-state index contributed by atoms with van der Waals surface area (Å²) in [5.41, 5.74) is 1.93. The molecule has 0 radical (unpaired) electrons. The molecule has 11 heavy (non-hydrogen) atoms. The van der Waals surface area contributed by atoms with E-state index in [9.17, 15) is 4.79 Å². The van der Waals surface area contributed by atoms with Crippen LogP contribution in [-0.4, -0.2) is 6.41 Å². The number of nitrogens with one attached hydrogen (secondary N) is 1. The maximum Gasteiger partial charge on any atom is 0.211 e. The van der Waals surface area contributed by atoms with Gasteiger partial charge in [-0.1, -0.05) is 15.9 Å². The molecular weight excluding hydrogens is 206 g/mol. The lowest BCUT2D eigenvalue weighted by Crippen LogP contribution is -1.93. The number of benzene rings is 1. The maximum atomic E-state index is 10.1. The van der Waals surface area contributed by atoms with Crippen molar-refractivity contribution in [2.24, 2.45) is 0 Å². The van der Waals surface area contributed by atoms with E-state index < -0.39 is 0 Å². The van der Waals surface area contributed by atoms with E-state index in [1.807, 2.05) is 25.1 Å². The molecule has 0 saturated heterocycles. The number of carbonyl (C=O) groups excluding carboxylic acids is 1. The van der Waals surface area contributed by atoms with Gasteiger partial charge in [-0.3, -0.25) is 4.79 Å². The number of rotatable bonds is 2. The van der Waals surface area contributed by atoms with Crippen LogP contribution in [-0.2, 0) is 4.79 Å². The first-order chi connectivity index (χ1) is 5.22. The standard InChI is InChI=1S/C8H8BrNO/c1-6-2-7(9)4-8(3-6)10-5-11/h2-5H,1H3,(H,10,11). The van der Waals surface area contributed by atoms with Crippen molar-refractivity contribution in [1.29, 1.82) is 0 Å². The van der Waals surface area contributed by atoms with Crippen LogP contribution in [0.2, 0.25) is 0 Å². The molecule has 0 spiro atoms. The average molecular weight is 214 g/mol. The Hall–Kier alpha value is -0.830. The molecule has 1 rings (SSSR count). The lowest BCUT2D eigenvalue weighted by atomic mass is 10.2. The van der Waals surface area contributed by atoms with E-state index in [0.29, 0.717) is 6.41 Å². The fourth-order valence-corrected chi connectivity index (χ4v) is 1.50. The maximum absolute atomic E-state index is 10.1. The van der Waals surface area contributed by atoms with Crippen molar-refractivity contribution in [3.8, 4) is 0 Å². The monoisotopic (exact) mass is 213 g/mol. The summed E-state index contributed by atoms with van der Waals surface area (Å²) in [4.78, 5) is 10.1. The molecule has 2 nitrogen and oxygen atoms in total. The minimum atomic E-state index is 0.668. The number of halogens is 1. The van der Waals surface area contributed by atoms with Crippen molar-refractivity contribution in [2.45, 2.75) is 6.92 Å². The Labute approximate surface area is 73.7 Å². The van der Waals surface area contributed by atoms with Gasteiger partial charge in [-0.2, -0.15) is 0 Å². The Morgan fingerprint density at radius 2 is 2.18 bits per heavy atom. The van der Waals surface area contributed by atoms with Crippen LogP contribution in [0.25, 0.3) is 0 Å². The molecule has 0 aliphatic rings. The molecule has 0 atom stereocenters. The van der Waals surface area contributed by atoms with E-state index in [4.69, 9.17) is 0 Å². The van der Waals surface area contributed by atoms with E-state index in [1.165, 1.54) is 0 Å². The van der Waals surface area contributed by atoms with Crippen molar-refractivity contribution in [3.63, 3.8) is 0 Å². The molecule has 0 fully saturated rings. The van der Waals surface area contributed by atoms with Gasteiger partial charge in [-0.25, -0.2) is 0 Å². The molecule has 0 aromatic heterocycles. The van der Waals surface area contributed by atoms with Gasteiger partial charge >= 0.3 is 0 Å². The quantitative estimate of drug-likeness (QED) is 0.752. The molecule has 0 aliphatic heterocycles. The number of anilines is 1. The second-order valence-electron chi connectivity index (χ2n) is 2.28. The Bertz CT molecular complexity index is 253. The zero-order chi connectivity index (χ0) is 8.27. The number of hydrogen-bond donors (Lipinski definition) is 1. The molecule has 0 aliphatic carbocycles. The summed E-state index contributed by atoms with van der Waals surface area (Å²) in [7, 11) is 0. The lowest BCUT2D eigenvalue weighted by Gasteiger charge is -2.00. The molecule has 0 unspecified atom stereocenters. The van der Waals surface area contributed by atoms with Gasteiger partial charge in [0.15, 0.2) is 0 Å². The molecule has 58 valence electrons. The van der Waals surface area contributed by atoms with Crippen molar-refractivity contribution in [3.05, 3.63) is 28.2 Å². The highest BCUT2D eigenvalue weighted by atomic mass is 79.9. The highest BCUT2D eigenvalue weighted by Gasteiger charge is 1.93. The van der Waals surface area contributed by atoms with E-state index in [0.717, 1.165) is 15.7 Å². The number of hydrogen-bond acceptors (Lipinski definition) is 1. The SMILES string of the molecule is Cc1cc(Br)cc(NC=O)c1. The van der Waals surface area contributed by atoms with Crippen LogP contribution in [0.3, 0.4) is 0 Å². The largest absolute Gasteiger partial charge is 0.329 e. The molecule has 0 heterocycles. The molecule has 1 N–H and O–H groups in total. The minimum absolute atomic E-state index is 0.668. The fourth-order valence-electron chi connectivity index (χ4n) is 0.888. The van der Waals surface area contributed by atoms with Gasteiger partial charge in [-0.05, 0) is 30.7 Å². The molecule has 3 heteroatoms. The second-order valence-corrected chi connectivity index (χ2v) is 3.20. The minimum Gasteiger partial charge on any atom is -0.329 e. The first-order valence-electron chi connectivity index (χ1n) is 3.20. The Balaban J connectivity index is 2.98. The van der Waals surface area contributed by atoms with Crippen LogP contribution < -0.4 is 5.32 Å². The van der Waals surface area contributed by atoms with Gasteiger partial charge in [0.1, 0.15) is 0 Å². The van der Waals surface area contributed by atoms with Crippen molar-refractivity contribution >= 4 is 28.0 Å². The number of carbonyl (C=O) groups is 1. The van der Waals surface area contributed by atoms with Crippen LogP contribution in [0.1, 0.15) is 5.56 Å². The van der Waals surface area contributed by atoms with Crippen LogP contribution in [0.15, 0.2) is 22.7 Å². The first-order valence-corrected chi connectivity index (χ1v) is 3.99. The highest BCUT2D eigenvalue weighted by Crippen LogP contribution is 2.18. The van der Waals surface area contributed by atoms with Gasteiger partial charge in [-0.15, -0.1) is 0 Å². The second kappa shape index (κ2) is 3.53. The molecule has 1 aromatic rings. The third-order valence-corrected chi connectivity index (χ3v) is 1.73. The molecule has 0 bridgehead atoms. The van der Waals surface area contributed by atoms with Crippen molar-refractivity contribution in [1.82, 2.24) is 0 Å². The van der Waals surface area contributed by atoms with E-state index in [2.05, 4.69) is 21.2 Å². The summed E-state index contributed by atoms with van der Waals surface area (Å²) in [5, 5.41) is 2.58. The summed E-state index contributed by atoms with van der Waals surface area (Å²) < 4.78 is 0.974. The predicted molar refractivity (Wildman–Crippen MR) is 48.6 cm³/mol. The van der Waals surface area contributed by atoms with Crippen LogP contribution >= 0.6 is 15.9 Å². The third kappa shape index (κ3) is 2.35. The summed E-state index contributed by atoms with van der Waals surface area (Å²) in [6, 6.07) is 5.73. The summed E-state index contributed by atoms with van der Waals surface area (Å²) in [5.74, 6) is 0. The van der Waals surface area contributed by atoms with Crippen molar-refractivity contribution < 1.29 is 4.79 Å². The zero-order valence-corrected chi connectivity index (χ0v) is 7.68. The van der Waals surface area contributed by atoms with Crippen LogP contribution in [0.4, 0.5) is 5.69 Å². The summed E-state index contributed by atoms with van der Waals surface area (Å²) in [6.45, 7) is 1.97. The Morgan fingerprint density at radius 1 is 1.45 bits per heavy atom.